The van der Waals surface area contributed by atoms with E-state index < -0.39 is 5.97 Å². The fraction of sp³-hybridized carbons (Fsp3) is 0.250. The average Bonchev–Trinajstić information content (AvgIpc) is 2.72. The molecule has 0 aromatic heterocycles. The van der Waals surface area contributed by atoms with E-state index in [1.54, 1.807) is 24.3 Å². The van der Waals surface area contributed by atoms with Gasteiger partial charge < -0.3 is 20.2 Å². The first-order valence-corrected chi connectivity index (χ1v) is 9.90. The van der Waals surface area contributed by atoms with Crippen molar-refractivity contribution in [3.8, 4) is 0 Å². The van der Waals surface area contributed by atoms with Crippen LogP contribution in [0.4, 0.5) is 0 Å². The standard InChI is InChI=1S/C24H24N2O3/c1-3-26(4-2)16-10-12-20-22(14-16)29-21-13-15(25)9-11-19(21)23(20)17-7-5-6-8-18(17)24(27)28/h5-14,20,22,25H,3-4H2,1-2H3,(H,27,28). The molecule has 1 aromatic rings. The van der Waals surface area contributed by atoms with Gasteiger partial charge in [0.25, 0.3) is 0 Å². The van der Waals surface area contributed by atoms with Crippen LogP contribution in [0.3, 0.4) is 0 Å². The molecule has 1 aromatic carbocycles. The monoisotopic (exact) mass is 388 g/mol. The normalized spacial score (nSPS) is 22.3. The predicted octanol–water partition coefficient (Wildman–Crippen LogP) is 4.42. The lowest BCUT2D eigenvalue weighted by Crippen LogP contribution is -2.33. The van der Waals surface area contributed by atoms with Crippen LogP contribution in [0.15, 0.2) is 77.8 Å². The van der Waals surface area contributed by atoms with Gasteiger partial charge in [-0.1, -0.05) is 24.3 Å². The Bertz CT molecular complexity index is 1020. The number of benzene rings is 1. The van der Waals surface area contributed by atoms with Gasteiger partial charge in [-0.2, -0.15) is 0 Å². The van der Waals surface area contributed by atoms with Gasteiger partial charge in [-0.05, 0) is 55.4 Å². The lowest BCUT2D eigenvalue weighted by molar-refractivity contribution is 0.0696. The molecule has 0 spiro atoms. The molecular formula is C24H24N2O3. The summed E-state index contributed by atoms with van der Waals surface area (Å²) in [6.45, 7) is 6.04. The Balaban J connectivity index is 1.89. The molecule has 148 valence electrons. The minimum absolute atomic E-state index is 0.0982. The van der Waals surface area contributed by atoms with E-state index in [1.165, 1.54) is 0 Å². The van der Waals surface area contributed by atoms with Gasteiger partial charge in [-0.15, -0.1) is 0 Å². The molecule has 0 saturated carbocycles. The number of fused-ring (bicyclic) bond motifs is 2. The molecule has 0 amide bonds. The molecule has 29 heavy (non-hydrogen) atoms. The number of hydrogen-bond donors (Lipinski definition) is 2. The molecule has 5 nitrogen and oxygen atoms in total. The fourth-order valence-electron chi connectivity index (χ4n) is 4.20. The predicted molar refractivity (Wildman–Crippen MR) is 114 cm³/mol. The molecular weight excluding hydrogens is 364 g/mol. The van der Waals surface area contributed by atoms with Gasteiger partial charge in [0.05, 0.1) is 11.3 Å². The number of rotatable bonds is 5. The van der Waals surface area contributed by atoms with Gasteiger partial charge in [0, 0.05) is 36.4 Å². The smallest absolute Gasteiger partial charge is 0.336 e. The second kappa shape index (κ2) is 7.59. The number of likely N-dealkylation sites (N-methyl/N-ethyl adjacent to an activating group) is 1. The SMILES string of the molecule is CCN(CC)C1=CC2OC3=CC(=N)C=CC3=C(c3ccccc3C(=O)O)C2C=C1. The maximum atomic E-state index is 11.9. The lowest BCUT2D eigenvalue weighted by atomic mass is 9.77. The molecule has 0 radical (unpaired) electrons. The maximum absolute atomic E-state index is 11.9. The summed E-state index contributed by atoms with van der Waals surface area (Å²) in [7, 11) is 0. The van der Waals surface area contributed by atoms with Crippen LogP contribution in [0.25, 0.3) is 5.57 Å². The number of carboxylic acid groups (broad SMARTS) is 1. The van der Waals surface area contributed by atoms with Crippen molar-refractivity contribution >= 4 is 17.3 Å². The highest BCUT2D eigenvalue weighted by Crippen LogP contribution is 2.45. The Labute approximate surface area is 170 Å². The van der Waals surface area contributed by atoms with Crippen LogP contribution in [-0.2, 0) is 4.74 Å². The van der Waals surface area contributed by atoms with Gasteiger partial charge in [0.15, 0.2) is 0 Å². The van der Waals surface area contributed by atoms with Crippen molar-refractivity contribution in [1.82, 2.24) is 4.90 Å². The third-order valence-corrected chi connectivity index (χ3v) is 5.61. The highest BCUT2D eigenvalue weighted by atomic mass is 16.5. The van der Waals surface area contributed by atoms with E-state index in [0.717, 1.165) is 29.9 Å². The van der Waals surface area contributed by atoms with Crippen LogP contribution >= 0.6 is 0 Å². The van der Waals surface area contributed by atoms with E-state index in [-0.39, 0.29) is 17.6 Å². The van der Waals surface area contributed by atoms with Crippen LogP contribution in [0.5, 0.6) is 0 Å². The molecule has 1 aliphatic heterocycles. The largest absolute Gasteiger partial charge is 0.485 e. The summed E-state index contributed by atoms with van der Waals surface area (Å²) >= 11 is 0. The minimum atomic E-state index is -0.950. The van der Waals surface area contributed by atoms with Crippen LogP contribution < -0.4 is 0 Å². The zero-order valence-corrected chi connectivity index (χ0v) is 16.6. The van der Waals surface area contributed by atoms with Gasteiger partial charge in [0.1, 0.15) is 11.9 Å². The van der Waals surface area contributed by atoms with E-state index in [4.69, 9.17) is 10.1 Å². The Morgan fingerprint density at radius 1 is 1.17 bits per heavy atom. The molecule has 2 unspecified atom stereocenters. The van der Waals surface area contributed by atoms with Gasteiger partial charge in [-0.3, -0.25) is 0 Å². The van der Waals surface area contributed by atoms with Crippen molar-refractivity contribution < 1.29 is 14.6 Å². The zero-order chi connectivity index (χ0) is 20.5. The van der Waals surface area contributed by atoms with Crippen molar-refractivity contribution in [3.63, 3.8) is 0 Å². The van der Waals surface area contributed by atoms with Crippen LogP contribution in [0.2, 0.25) is 0 Å². The number of aromatic carboxylic acids is 1. The number of carbonyl (C=O) groups is 1. The van der Waals surface area contributed by atoms with E-state index in [2.05, 4.69) is 37.0 Å². The second-order valence-corrected chi connectivity index (χ2v) is 7.21. The summed E-state index contributed by atoms with van der Waals surface area (Å²) in [5.74, 6) is -0.424. The first-order valence-electron chi connectivity index (χ1n) is 9.90. The highest BCUT2D eigenvalue weighted by molar-refractivity contribution is 6.06. The maximum Gasteiger partial charge on any atom is 0.336 e. The van der Waals surface area contributed by atoms with Crippen molar-refractivity contribution in [1.29, 1.82) is 5.41 Å². The molecule has 0 bridgehead atoms. The lowest BCUT2D eigenvalue weighted by Gasteiger charge is -2.38. The zero-order valence-electron chi connectivity index (χ0n) is 16.6. The first kappa shape index (κ1) is 19.0. The Morgan fingerprint density at radius 3 is 2.66 bits per heavy atom. The number of allylic oxidation sites excluding steroid dienone is 4. The Kier molecular flexibility index (Phi) is 4.97. The van der Waals surface area contributed by atoms with Crippen molar-refractivity contribution in [2.45, 2.75) is 20.0 Å². The number of nitrogens with zero attached hydrogens (tertiary/aromatic N) is 1. The summed E-state index contributed by atoms with van der Waals surface area (Å²) < 4.78 is 6.30. The van der Waals surface area contributed by atoms with E-state index in [9.17, 15) is 9.90 Å². The fourth-order valence-corrected chi connectivity index (χ4v) is 4.20. The number of nitrogens with one attached hydrogen (secondary N) is 1. The topological polar surface area (TPSA) is 73.6 Å². The van der Waals surface area contributed by atoms with Crippen molar-refractivity contribution in [3.05, 3.63) is 88.9 Å². The third-order valence-electron chi connectivity index (χ3n) is 5.61. The molecule has 3 aliphatic rings. The minimum Gasteiger partial charge on any atom is -0.485 e. The molecule has 0 fully saturated rings. The van der Waals surface area contributed by atoms with Crippen LogP contribution in [0.1, 0.15) is 29.8 Å². The molecule has 1 heterocycles. The first-order chi connectivity index (χ1) is 14.0. The summed E-state index contributed by atoms with van der Waals surface area (Å²) in [6.07, 6.45) is 11.4. The summed E-state index contributed by atoms with van der Waals surface area (Å²) in [6, 6.07) is 7.10. The number of hydrogen-bond acceptors (Lipinski definition) is 4. The Morgan fingerprint density at radius 2 is 1.93 bits per heavy atom. The van der Waals surface area contributed by atoms with Crippen molar-refractivity contribution in [2.75, 3.05) is 13.1 Å². The summed E-state index contributed by atoms with van der Waals surface area (Å²) in [5, 5.41) is 17.7. The van der Waals surface area contributed by atoms with Crippen LogP contribution in [0, 0.1) is 11.3 Å². The summed E-state index contributed by atoms with van der Waals surface area (Å²) in [5.41, 5.74) is 4.22. The molecule has 4 rings (SSSR count). The highest BCUT2D eigenvalue weighted by Gasteiger charge is 2.37. The van der Waals surface area contributed by atoms with Gasteiger partial charge >= 0.3 is 5.97 Å². The quantitative estimate of drug-likeness (QED) is 0.783. The second-order valence-electron chi connectivity index (χ2n) is 7.21. The molecule has 2 N–H and O–H groups in total. The summed E-state index contributed by atoms with van der Waals surface area (Å²) in [4.78, 5) is 14.2. The van der Waals surface area contributed by atoms with Gasteiger partial charge in [-0.25, -0.2) is 4.79 Å². The number of ether oxygens (including phenoxy) is 1. The Hall–Kier alpha value is -3.34. The van der Waals surface area contributed by atoms with E-state index >= 15 is 0 Å². The van der Waals surface area contributed by atoms with E-state index in [1.807, 2.05) is 18.2 Å². The van der Waals surface area contributed by atoms with Crippen molar-refractivity contribution in [2.24, 2.45) is 5.92 Å². The van der Waals surface area contributed by atoms with Crippen LogP contribution in [-0.4, -0.2) is 40.9 Å². The van der Waals surface area contributed by atoms with Gasteiger partial charge in [0.2, 0.25) is 0 Å². The molecule has 2 atom stereocenters. The molecule has 0 saturated heterocycles. The third kappa shape index (κ3) is 3.33. The molecule has 5 heteroatoms. The van der Waals surface area contributed by atoms with E-state index in [0.29, 0.717) is 17.0 Å². The average molecular weight is 388 g/mol. The molecule has 2 aliphatic carbocycles. The number of carboxylic acids is 1.